The van der Waals surface area contributed by atoms with Crippen LogP contribution in [0.3, 0.4) is 0 Å². The van der Waals surface area contributed by atoms with Crippen molar-refractivity contribution in [1.82, 2.24) is 15.0 Å². The van der Waals surface area contributed by atoms with Gasteiger partial charge in [-0.05, 0) is 30.0 Å². The summed E-state index contributed by atoms with van der Waals surface area (Å²) >= 11 is 1.34. The highest BCUT2D eigenvalue weighted by Crippen LogP contribution is 2.25. The van der Waals surface area contributed by atoms with E-state index < -0.39 is 0 Å². The summed E-state index contributed by atoms with van der Waals surface area (Å²) in [7, 11) is 0. The number of hydrogen-bond donors (Lipinski definition) is 0. The van der Waals surface area contributed by atoms with Gasteiger partial charge in [-0.2, -0.15) is 0 Å². The number of ether oxygens (including phenoxy) is 1. The third kappa shape index (κ3) is 3.05. The van der Waals surface area contributed by atoms with Gasteiger partial charge in [0.2, 0.25) is 0 Å². The number of aromatic nitrogens is 3. The fraction of sp³-hybridized carbons (Fsp3) is 0.222. The zero-order valence-corrected chi connectivity index (χ0v) is 13.7. The Morgan fingerprint density at radius 3 is 2.75 bits per heavy atom. The van der Waals surface area contributed by atoms with Crippen LogP contribution < -0.4 is 0 Å². The van der Waals surface area contributed by atoms with Gasteiger partial charge in [0.1, 0.15) is 6.10 Å². The molecule has 0 unspecified atom stereocenters. The van der Waals surface area contributed by atoms with Crippen LogP contribution in [0.2, 0.25) is 0 Å². The van der Waals surface area contributed by atoms with Gasteiger partial charge in [-0.15, -0.1) is 11.3 Å². The third-order valence-corrected chi connectivity index (χ3v) is 4.88. The smallest absolute Gasteiger partial charge is 0.358 e. The number of esters is 1. The Kier molecular flexibility index (Phi) is 4.04. The maximum Gasteiger partial charge on any atom is 0.358 e. The second kappa shape index (κ2) is 6.49. The second-order valence-electron chi connectivity index (χ2n) is 5.65. The van der Waals surface area contributed by atoms with E-state index in [1.807, 2.05) is 12.1 Å². The molecule has 0 N–H and O–H groups in total. The van der Waals surface area contributed by atoms with E-state index in [0.717, 1.165) is 19.3 Å². The molecule has 0 radical (unpaired) electrons. The van der Waals surface area contributed by atoms with Gasteiger partial charge in [0, 0.05) is 24.2 Å². The predicted molar refractivity (Wildman–Crippen MR) is 90.8 cm³/mol. The standard InChI is InChI=1S/C18H15N3O2S/c22-18(15-11-24-17(21-15)16-19-8-3-9-20-16)23-14-7-6-12-4-1-2-5-13(12)10-14/h1-5,8-9,11,14H,6-7,10H2/t14-/m1/s1. The lowest BCUT2D eigenvalue weighted by molar-refractivity contribution is 0.0265. The summed E-state index contributed by atoms with van der Waals surface area (Å²) in [6.07, 6.45) is 5.77. The molecule has 120 valence electrons. The maximum atomic E-state index is 12.4. The van der Waals surface area contributed by atoms with Crippen LogP contribution in [-0.2, 0) is 17.6 Å². The van der Waals surface area contributed by atoms with Gasteiger partial charge in [-0.1, -0.05) is 24.3 Å². The highest BCUT2D eigenvalue weighted by molar-refractivity contribution is 7.13. The Morgan fingerprint density at radius 2 is 1.92 bits per heavy atom. The molecule has 0 spiro atoms. The molecule has 6 heteroatoms. The highest BCUT2D eigenvalue weighted by atomic mass is 32.1. The minimum atomic E-state index is -0.377. The summed E-state index contributed by atoms with van der Waals surface area (Å²) in [6.45, 7) is 0. The number of rotatable bonds is 3. The molecule has 1 aromatic carbocycles. The van der Waals surface area contributed by atoms with E-state index in [1.165, 1.54) is 22.5 Å². The van der Waals surface area contributed by atoms with Crippen LogP contribution in [0.25, 0.3) is 10.8 Å². The first-order valence-electron chi connectivity index (χ1n) is 7.80. The van der Waals surface area contributed by atoms with Crippen LogP contribution in [0.15, 0.2) is 48.1 Å². The van der Waals surface area contributed by atoms with Crippen LogP contribution >= 0.6 is 11.3 Å². The van der Waals surface area contributed by atoms with Crippen molar-refractivity contribution in [3.05, 3.63) is 64.9 Å². The summed E-state index contributed by atoms with van der Waals surface area (Å²) in [4.78, 5) is 25.0. The van der Waals surface area contributed by atoms with Crippen molar-refractivity contribution >= 4 is 17.3 Å². The number of benzene rings is 1. The summed E-state index contributed by atoms with van der Waals surface area (Å²) in [6, 6.07) is 10.1. The molecule has 2 heterocycles. The van der Waals surface area contributed by atoms with Gasteiger partial charge >= 0.3 is 5.97 Å². The van der Waals surface area contributed by atoms with Crippen molar-refractivity contribution in [1.29, 1.82) is 0 Å². The van der Waals surface area contributed by atoms with E-state index in [-0.39, 0.29) is 12.1 Å². The molecule has 0 fully saturated rings. The number of carbonyl (C=O) groups excluding carboxylic acids is 1. The van der Waals surface area contributed by atoms with Crippen LogP contribution in [0.1, 0.15) is 28.0 Å². The molecule has 1 atom stereocenters. The van der Waals surface area contributed by atoms with Gasteiger partial charge in [0.05, 0.1) is 0 Å². The van der Waals surface area contributed by atoms with Crippen LogP contribution in [0.5, 0.6) is 0 Å². The number of thiazole rings is 1. The first kappa shape index (κ1) is 15.0. The van der Waals surface area contributed by atoms with Gasteiger partial charge in [0.15, 0.2) is 16.5 Å². The molecule has 1 aliphatic rings. The zero-order valence-electron chi connectivity index (χ0n) is 12.9. The second-order valence-corrected chi connectivity index (χ2v) is 6.51. The fourth-order valence-electron chi connectivity index (χ4n) is 2.86. The van der Waals surface area contributed by atoms with Gasteiger partial charge in [-0.3, -0.25) is 0 Å². The van der Waals surface area contributed by atoms with Gasteiger partial charge in [0.25, 0.3) is 0 Å². The van der Waals surface area contributed by atoms with Crippen LogP contribution in [-0.4, -0.2) is 27.0 Å². The molecule has 1 aliphatic carbocycles. The van der Waals surface area contributed by atoms with E-state index in [2.05, 4.69) is 27.1 Å². The van der Waals surface area contributed by atoms with Crippen LogP contribution in [0.4, 0.5) is 0 Å². The Morgan fingerprint density at radius 1 is 1.12 bits per heavy atom. The normalized spacial score (nSPS) is 16.4. The maximum absolute atomic E-state index is 12.4. The molecular formula is C18H15N3O2S. The lowest BCUT2D eigenvalue weighted by Crippen LogP contribution is -2.25. The quantitative estimate of drug-likeness (QED) is 0.686. The van der Waals surface area contributed by atoms with Crippen molar-refractivity contribution in [2.24, 2.45) is 0 Å². The first-order valence-corrected chi connectivity index (χ1v) is 8.68. The summed E-state index contributed by atoms with van der Waals surface area (Å²) in [5.41, 5.74) is 2.93. The van der Waals surface area contributed by atoms with E-state index >= 15 is 0 Å². The Hall–Kier alpha value is -2.60. The highest BCUT2D eigenvalue weighted by Gasteiger charge is 2.23. The number of aryl methyl sites for hydroxylation is 1. The van der Waals surface area contributed by atoms with Crippen molar-refractivity contribution in [3.63, 3.8) is 0 Å². The predicted octanol–water partition coefficient (Wildman–Crippen LogP) is 3.31. The molecule has 0 aliphatic heterocycles. The monoisotopic (exact) mass is 337 g/mol. The summed E-state index contributed by atoms with van der Waals surface area (Å²) < 4.78 is 5.65. The van der Waals surface area contributed by atoms with Crippen molar-refractivity contribution in [3.8, 4) is 10.8 Å². The molecular weight excluding hydrogens is 322 g/mol. The zero-order chi connectivity index (χ0) is 16.4. The molecule has 5 nitrogen and oxygen atoms in total. The molecule has 24 heavy (non-hydrogen) atoms. The Labute approximate surface area is 143 Å². The molecule has 0 bridgehead atoms. The molecule has 0 saturated carbocycles. The Balaban J connectivity index is 1.45. The first-order chi connectivity index (χ1) is 11.8. The SMILES string of the molecule is O=C(O[C@@H]1CCc2ccccc2C1)c1csc(-c2ncccn2)n1. The molecule has 0 saturated heterocycles. The van der Waals surface area contributed by atoms with Gasteiger partial charge < -0.3 is 4.74 Å². The third-order valence-electron chi connectivity index (χ3n) is 4.05. The lowest BCUT2D eigenvalue weighted by atomic mass is 9.90. The number of carbonyl (C=O) groups is 1. The minimum absolute atomic E-state index is 0.0921. The number of nitrogens with zero attached hydrogens (tertiary/aromatic N) is 3. The fourth-order valence-corrected chi connectivity index (χ4v) is 3.59. The molecule has 2 aromatic heterocycles. The topological polar surface area (TPSA) is 65.0 Å². The average Bonchev–Trinajstić information content (AvgIpc) is 3.13. The van der Waals surface area contributed by atoms with E-state index in [0.29, 0.717) is 16.5 Å². The minimum Gasteiger partial charge on any atom is -0.457 e. The van der Waals surface area contributed by atoms with Crippen molar-refractivity contribution < 1.29 is 9.53 Å². The summed E-state index contributed by atoms with van der Waals surface area (Å²) in [5, 5.41) is 2.32. The van der Waals surface area contributed by atoms with Crippen molar-refractivity contribution in [2.45, 2.75) is 25.4 Å². The van der Waals surface area contributed by atoms with Crippen LogP contribution in [0, 0.1) is 0 Å². The summed E-state index contributed by atoms with van der Waals surface area (Å²) in [5.74, 6) is 0.144. The van der Waals surface area contributed by atoms with Gasteiger partial charge in [-0.25, -0.2) is 19.7 Å². The van der Waals surface area contributed by atoms with E-state index in [4.69, 9.17) is 4.74 Å². The lowest BCUT2D eigenvalue weighted by Gasteiger charge is -2.24. The molecule has 0 amide bonds. The largest absolute Gasteiger partial charge is 0.457 e. The molecule has 3 aromatic rings. The average molecular weight is 337 g/mol. The van der Waals surface area contributed by atoms with E-state index in [9.17, 15) is 4.79 Å². The van der Waals surface area contributed by atoms with E-state index in [1.54, 1.807) is 23.8 Å². The molecule has 4 rings (SSSR count). The van der Waals surface area contributed by atoms with Crippen molar-refractivity contribution in [2.75, 3.05) is 0 Å². The number of hydrogen-bond acceptors (Lipinski definition) is 6. The number of fused-ring (bicyclic) bond motifs is 1. The Bertz CT molecular complexity index is 863.